The Morgan fingerprint density at radius 2 is 1.70 bits per heavy atom. The minimum Gasteiger partial charge on any atom is -0.438 e. The van der Waals surface area contributed by atoms with Crippen molar-refractivity contribution in [1.29, 1.82) is 0 Å². The molecule has 3 fully saturated rings. The van der Waals surface area contributed by atoms with E-state index in [1.807, 2.05) is 41.5 Å². The number of piperidine rings is 1. The summed E-state index contributed by atoms with van der Waals surface area (Å²) in [5.41, 5.74) is -0.923. The van der Waals surface area contributed by atoms with Crippen LogP contribution in [-0.2, 0) is 28.7 Å². The molecule has 3 aliphatic rings. The van der Waals surface area contributed by atoms with Gasteiger partial charge in [-0.25, -0.2) is 9.59 Å². The van der Waals surface area contributed by atoms with E-state index in [4.69, 9.17) is 4.74 Å². The van der Waals surface area contributed by atoms with Crippen molar-refractivity contribution in [2.45, 2.75) is 104 Å². The van der Waals surface area contributed by atoms with Crippen LogP contribution in [0.15, 0.2) is 12.7 Å². The van der Waals surface area contributed by atoms with E-state index in [1.54, 1.807) is 0 Å². The number of fused-ring (bicyclic) bond motifs is 1. The van der Waals surface area contributed by atoms with Gasteiger partial charge in [-0.1, -0.05) is 66.9 Å². The molecule has 13 nitrogen and oxygen atoms in total. The van der Waals surface area contributed by atoms with Crippen LogP contribution in [0.2, 0.25) is 0 Å². The van der Waals surface area contributed by atoms with Crippen LogP contribution < -0.4 is 21.3 Å². The first kappa shape index (κ1) is 36.8. The van der Waals surface area contributed by atoms with Gasteiger partial charge in [-0.2, -0.15) is 0 Å². The van der Waals surface area contributed by atoms with Gasteiger partial charge in [0, 0.05) is 13.1 Å². The third-order valence-electron chi connectivity index (χ3n) is 9.82. The zero-order valence-corrected chi connectivity index (χ0v) is 28.4. The number of methoxy groups -OCH3 is 1. The molecule has 0 spiro atoms. The van der Waals surface area contributed by atoms with Crippen molar-refractivity contribution >= 4 is 35.7 Å². The molecule has 1 unspecified atom stereocenters. The van der Waals surface area contributed by atoms with Gasteiger partial charge in [0.25, 0.3) is 5.91 Å². The monoisotopic (exact) mass is 647 g/mol. The second-order valence-electron chi connectivity index (χ2n) is 14.4. The fourth-order valence-corrected chi connectivity index (χ4v) is 7.07. The first-order chi connectivity index (χ1) is 21.6. The largest absolute Gasteiger partial charge is 0.508 e. The van der Waals surface area contributed by atoms with E-state index in [1.165, 1.54) is 18.1 Å². The van der Waals surface area contributed by atoms with Gasteiger partial charge in [-0.15, -0.1) is 6.58 Å². The van der Waals surface area contributed by atoms with Crippen molar-refractivity contribution in [3.05, 3.63) is 12.7 Å². The highest BCUT2D eigenvalue weighted by Gasteiger charge is 2.70. The fourth-order valence-electron chi connectivity index (χ4n) is 7.07. The van der Waals surface area contributed by atoms with Crippen molar-refractivity contribution in [3.8, 4) is 0 Å². The molecule has 2 saturated carbocycles. The number of Topliss-reactive ketones (excluding diaryl/α,β-unsaturated/α-hetero) is 1. The molecule has 0 aromatic heterocycles. The molecule has 5 amide bonds. The van der Waals surface area contributed by atoms with Crippen LogP contribution in [0.5, 0.6) is 0 Å². The maximum Gasteiger partial charge on any atom is 0.508 e. The number of urea groups is 1. The fraction of sp³-hybridized carbons (Fsp3) is 0.758. The van der Waals surface area contributed by atoms with E-state index in [0.717, 1.165) is 25.7 Å². The summed E-state index contributed by atoms with van der Waals surface area (Å²) >= 11 is 0. The highest BCUT2D eigenvalue weighted by molar-refractivity contribution is 6.38. The number of hydrogen-bond donors (Lipinski definition) is 4. The zero-order chi connectivity index (χ0) is 34.4. The summed E-state index contributed by atoms with van der Waals surface area (Å²) in [6, 6.07) is -3.95. The number of rotatable bonds is 14. The molecule has 258 valence electrons. The maximum absolute atomic E-state index is 14.3. The lowest BCUT2D eigenvalue weighted by molar-refractivity contribution is -0.145. The summed E-state index contributed by atoms with van der Waals surface area (Å²) in [6.07, 6.45) is 5.19. The smallest absolute Gasteiger partial charge is 0.438 e. The summed E-state index contributed by atoms with van der Waals surface area (Å²) < 4.78 is 9.75. The van der Waals surface area contributed by atoms with Gasteiger partial charge in [0.1, 0.15) is 18.7 Å². The average molecular weight is 648 g/mol. The van der Waals surface area contributed by atoms with Gasteiger partial charge < -0.3 is 35.6 Å². The van der Waals surface area contributed by atoms with Crippen LogP contribution in [-0.4, -0.2) is 91.6 Å². The summed E-state index contributed by atoms with van der Waals surface area (Å²) in [6.45, 7) is 15.4. The molecule has 4 N–H and O–H groups in total. The first-order valence-corrected chi connectivity index (χ1v) is 16.4. The number of likely N-dealkylation sites (tertiary alicyclic amines) is 1. The molecule has 2 aliphatic carbocycles. The molecular formula is C33H53N5O8. The summed E-state index contributed by atoms with van der Waals surface area (Å²) in [5.74, 6) is -2.42. The average Bonchev–Trinajstić information content (AvgIpc) is 3.45. The Morgan fingerprint density at radius 1 is 1.04 bits per heavy atom. The van der Waals surface area contributed by atoms with Crippen LogP contribution in [0.25, 0.3) is 0 Å². The second-order valence-corrected chi connectivity index (χ2v) is 14.4. The van der Waals surface area contributed by atoms with Crippen molar-refractivity contribution < 1.29 is 38.2 Å². The quantitative estimate of drug-likeness (QED) is 0.127. The molecule has 0 radical (unpaired) electrons. The molecular weight excluding hydrogens is 594 g/mol. The van der Waals surface area contributed by atoms with E-state index in [0.29, 0.717) is 13.0 Å². The molecule has 13 heteroatoms. The number of nitrogens with one attached hydrogen (secondary N) is 4. The minimum absolute atomic E-state index is 0.0606. The highest BCUT2D eigenvalue weighted by atomic mass is 16.7. The van der Waals surface area contributed by atoms with Gasteiger partial charge in [-0.3, -0.25) is 19.2 Å². The van der Waals surface area contributed by atoms with Crippen LogP contribution in [0.4, 0.5) is 9.59 Å². The molecule has 0 bridgehead atoms. The molecule has 0 aromatic rings. The van der Waals surface area contributed by atoms with Crippen LogP contribution in [0.3, 0.4) is 0 Å². The van der Waals surface area contributed by atoms with Crippen LogP contribution in [0, 0.1) is 28.6 Å². The Bertz CT molecular complexity index is 1180. The molecule has 6 atom stereocenters. The highest BCUT2D eigenvalue weighted by Crippen LogP contribution is 2.65. The zero-order valence-electron chi connectivity index (χ0n) is 28.4. The van der Waals surface area contributed by atoms with Gasteiger partial charge >= 0.3 is 12.2 Å². The predicted molar refractivity (Wildman–Crippen MR) is 170 cm³/mol. The Labute approximate surface area is 272 Å². The van der Waals surface area contributed by atoms with Gasteiger partial charge in [-0.05, 0) is 47.8 Å². The van der Waals surface area contributed by atoms with Crippen molar-refractivity contribution in [2.24, 2.45) is 28.6 Å². The lowest BCUT2D eigenvalue weighted by Gasteiger charge is -2.38. The molecule has 1 aliphatic heterocycles. The van der Waals surface area contributed by atoms with E-state index in [9.17, 15) is 28.8 Å². The maximum atomic E-state index is 14.3. The molecule has 1 saturated heterocycles. The molecule has 1 heterocycles. The second kappa shape index (κ2) is 15.3. The number of carbonyl (C=O) groups excluding carboxylic acids is 6. The summed E-state index contributed by atoms with van der Waals surface area (Å²) in [4.78, 5) is 80.1. The predicted octanol–water partition coefficient (Wildman–Crippen LogP) is 2.68. The summed E-state index contributed by atoms with van der Waals surface area (Å²) in [5, 5.41) is 11.0. The Morgan fingerprint density at radius 3 is 2.26 bits per heavy atom. The SMILES string of the molecule is C=CCNC(=O)C(=O)C(CCC)NC(=O)[C@@H]1[C@@H]2[C@H](CN1C(=O)[C@@H](NC(=O)N[C@H](COC(=O)OC)C1CCCC1)C(C)(C)C)C2(C)C. The van der Waals surface area contributed by atoms with Crippen molar-refractivity contribution in [3.63, 3.8) is 0 Å². The topological polar surface area (TPSA) is 172 Å². The lowest BCUT2D eigenvalue weighted by Crippen LogP contribution is -2.62. The van der Waals surface area contributed by atoms with E-state index < -0.39 is 65.3 Å². The Kier molecular flexibility index (Phi) is 12.2. The minimum atomic E-state index is -1.04. The summed E-state index contributed by atoms with van der Waals surface area (Å²) in [7, 11) is 1.21. The molecule has 46 heavy (non-hydrogen) atoms. The standard InChI is InChI=1S/C33H53N5O8/c1-9-13-21(25(39)28(41)34-16-10-2)35-27(40)24-23-20(33(23,6)7)17-38(24)29(42)26(32(3,4)5)37-30(43)36-22(18-46-31(44)45-8)19-14-11-12-15-19/h10,19-24,26H,2,9,11-18H2,1,3-8H3,(H,34,41)(H,35,40)(H2,36,37,43)/t20-,21?,22+,23-,24-,26+/m0/s1. The van der Waals surface area contributed by atoms with Crippen LogP contribution >= 0.6 is 0 Å². The van der Waals surface area contributed by atoms with E-state index in [-0.39, 0.29) is 42.7 Å². The molecule has 3 rings (SSSR count). The normalized spacial score (nSPS) is 23.6. The van der Waals surface area contributed by atoms with Gasteiger partial charge in [0.05, 0.1) is 19.2 Å². The van der Waals surface area contributed by atoms with Crippen molar-refractivity contribution in [2.75, 3.05) is 26.8 Å². The third kappa shape index (κ3) is 8.58. The number of hydrogen-bond acceptors (Lipinski definition) is 8. The number of carbonyl (C=O) groups is 6. The number of ketones is 1. The van der Waals surface area contributed by atoms with Crippen molar-refractivity contribution in [1.82, 2.24) is 26.2 Å². The number of amides is 5. The Hall–Kier alpha value is -3.64. The molecule has 0 aromatic carbocycles. The third-order valence-corrected chi connectivity index (χ3v) is 9.82. The van der Waals surface area contributed by atoms with Gasteiger partial charge in [0.15, 0.2) is 0 Å². The number of ether oxygens (including phenoxy) is 2. The van der Waals surface area contributed by atoms with Gasteiger partial charge in [0.2, 0.25) is 17.6 Å². The lowest BCUT2D eigenvalue weighted by atomic mass is 9.85. The number of nitrogens with zero attached hydrogens (tertiary/aromatic N) is 1. The van der Waals surface area contributed by atoms with E-state index in [2.05, 4.69) is 32.6 Å². The Balaban J connectivity index is 1.79. The van der Waals surface area contributed by atoms with E-state index >= 15 is 0 Å². The first-order valence-electron chi connectivity index (χ1n) is 16.4. The van der Waals surface area contributed by atoms with Crippen LogP contribution in [0.1, 0.15) is 80.1 Å².